The molecule has 3 rings (SSSR count). The molecule has 0 aliphatic heterocycles. The van der Waals surface area contributed by atoms with E-state index in [1.807, 2.05) is 36.4 Å². The van der Waals surface area contributed by atoms with Gasteiger partial charge in [0, 0.05) is 5.56 Å². The van der Waals surface area contributed by atoms with Crippen LogP contribution in [-0.2, 0) is 0 Å². The first-order chi connectivity index (χ1) is 11.8. The molecule has 0 fully saturated rings. The van der Waals surface area contributed by atoms with Crippen molar-refractivity contribution in [3.05, 3.63) is 60.0 Å². The van der Waals surface area contributed by atoms with E-state index < -0.39 is 0 Å². The van der Waals surface area contributed by atoms with E-state index in [4.69, 9.17) is 14.0 Å². The number of aromatic nitrogens is 2. The lowest BCUT2D eigenvalue weighted by molar-refractivity contribution is 0.355. The Morgan fingerprint density at radius 2 is 1.75 bits per heavy atom. The van der Waals surface area contributed by atoms with E-state index in [0.29, 0.717) is 23.2 Å². The maximum atomic E-state index is 5.52. The smallest absolute Gasteiger partial charge is 0.234 e. The minimum atomic E-state index is 0.0904. The molecule has 1 heterocycles. The van der Waals surface area contributed by atoms with Crippen LogP contribution in [0.25, 0.3) is 11.4 Å². The van der Waals surface area contributed by atoms with E-state index in [2.05, 4.69) is 29.2 Å². The highest BCUT2D eigenvalue weighted by atomic mass is 16.5. The number of hydrogen-bond donors (Lipinski definition) is 0. The molecule has 0 spiro atoms. The zero-order valence-electron chi connectivity index (χ0n) is 14.0. The molecule has 0 bridgehead atoms. The molecular formula is C19H20N2O3. The average Bonchev–Trinajstić information content (AvgIpc) is 3.12. The van der Waals surface area contributed by atoms with E-state index in [9.17, 15) is 0 Å². The second-order valence-corrected chi connectivity index (χ2v) is 5.40. The van der Waals surface area contributed by atoms with Crippen LogP contribution in [0.5, 0.6) is 11.5 Å². The van der Waals surface area contributed by atoms with Gasteiger partial charge in [0.05, 0.1) is 20.1 Å². The van der Waals surface area contributed by atoms with Crippen molar-refractivity contribution in [1.29, 1.82) is 0 Å². The molecule has 2 aromatic carbocycles. The predicted octanol–water partition coefficient (Wildman–Crippen LogP) is 4.30. The number of ether oxygens (including phenoxy) is 2. The van der Waals surface area contributed by atoms with Crippen molar-refractivity contribution in [1.82, 2.24) is 10.1 Å². The van der Waals surface area contributed by atoms with Crippen molar-refractivity contribution in [3.8, 4) is 22.9 Å². The molecule has 0 saturated carbocycles. The zero-order chi connectivity index (χ0) is 16.9. The van der Waals surface area contributed by atoms with Gasteiger partial charge in [0.25, 0.3) is 0 Å². The Bertz CT molecular complexity index is 799. The van der Waals surface area contributed by atoms with Crippen LogP contribution < -0.4 is 9.47 Å². The summed E-state index contributed by atoms with van der Waals surface area (Å²) in [5.41, 5.74) is 1.99. The summed E-state index contributed by atoms with van der Waals surface area (Å²) >= 11 is 0. The van der Waals surface area contributed by atoms with Crippen LogP contribution in [0, 0.1) is 0 Å². The SMILES string of the molecule is CC[C@H](c1ccccc1)c1nc(-c2ccc(OC)c(OC)c2)no1. The number of methoxy groups -OCH3 is 2. The van der Waals surface area contributed by atoms with Crippen molar-refractivity contribution in [2.45, 2.75) is 19.3 Å². The highest BCUT2D eigenvalue weighted by Crippen LogP contribution is 2.33. The number of benzene rings is 2. The van der Waals surface area contributed by atoms with Gasteiger partial charge in [0.15, 0.2) is 11.5 Å². The van der Waals surface area contributed by atoms with Crippen LogP contribution in [0.1, 0.15) is 30.7 Å². The zero-order valence-corrected chi connectivity index (χ0v) is 14.0. The quantitative estimate of drug-likeness (QED) is 0.677. The first kappa shape index (κ1) is 16.1. The Morgan fingerprint density at radius 3 is 2.42 bits per heavy atom. The normalized spacial score (nSPS) is 12.0. The van der Waals surface area contributed by atoms with Crippen LogP contribution >= 0.6 is 0 Å². The summed E-state index contributed by atoms with van der Waals surface area (Å²) in [6, 6.07) is 15.8. The summed E-state index contributed by atoms with van der Waals surface area (Å²) < 4.78 is 16.1. The fraction of sp³-hybridized carbons (Fsp3) is 0.263. The topological polar surface area (TPSA) is 57.4 Å². The first-order valence-corrected chi connectivity index (χ1v) is 7.87. The monoisotopic (exact) mass is 324 g/mol. The van der Waals surface area contributed by atoms with Gasteiger partial charge in [-0.15, -0.1) is 0 Å². The summed E-state index contributed by atoms with van der Waals surface area (Å²) in [4.78, 5) is 4.58. The van der Waals surface area contributed by atoms with Crippen LogP contribution in [0.4, 0.5) is 0 Å². The predicted molar refractivity (Wildman–Crippen MR) is 91.4 cm³/mol. The van der Waals surface area contributed by atoms with Crippen molar-refractivity contribution < 1.29 is 14.0 Å². The molecule has 5 heteroatoms. The molecule has 1 atom stereocenters. The Kier molecular flexibility index (Phi) is 4.79. The van der Waals surface area contributed by atoms with Gasteiger partial charge in [-0.1, -0.05) is 42.4 Å². The minimum Gasteiger partial charge on any atom is -0.493 e. The van der Waals surface area contributed by atoms with Gasteiger partial charge in [0.2, 0.25) is 11.7 Å². The van der Waals surface area contributed by atoms with Crippen molar-refractivity contribution in [3.63, 3.8) is 0 Å². The third kappa shape index (κ3) is 3.11. The van der Waals surface area contributed by atoms with Gasteiger partial charge in [0.1, 0.15) is 0 Å². The Hall–Kier alpha value is -2.82. The molecule has 0 aliphatic carbocycles. The average molecular weight is 324 g/mol. The first-order valence-electron chi connectivity index (χ1n) is 7.87. The molecule has 1 aromatic heterocycles. The van der Waals surface area contributed by atoms with E-state index >= 15 is 0 Å². The summed E-state index contributed by atoms with van der Waals surface area (Å²) in [5.74, 6) is 2.55. The highest BCUT2D eigenvalue weighted by Gasteiger charge is 2.20. The van der Waals surface area contributed by atoms with Crippen LogP contribution in [0.15, 0.2) is 53.1 Å². The Morgan fingerprint density at radius 1 is 1.00 bits per heavy atom. The summed E-state index contributed by atoms with van der Waals surface area (Å²) in [6.45, 7) is 2.11. The Labute approximate surface area is 141 Å². The number of hydrogen-bond acceptors (Lipinski definition) is 5. The van der Waals surface area contributed by atoms with Gasteiger partial charge in [-0.25, -0.2) is 0 Å². The minimum absolute atomic E-state index is 0.0904. The summed E-state index contributed by atoms with van der Waals surface area (Å²) in [5, 5.41) is 4.13. The Balaban J connectivity index is 1.93. The maximum Gasteiger partial charge on any atom is 0.234 e. The third-order valence-corrected chi connectivity index (χ3v) is 3.99. The number of rotatable bonds is 6. The fourth-order valence-electron chi connectivity index (χ4n) is 2.71. The molecule has 5 nitrogen and oxygen atoms in total. The van der Waals surface area contributed by atoms with Gasteiger partial charge >= 0.3 is 0 Å². The van der Waals surface area contributed by atoms with Gasteiger partial charge in [-0.3, -0.25) is 0 Å². The second-order valence-electron chi connectivity index (χ2n) is 5.40. The lowest BCUT2D eigenvalue weighted by Gasteiger charge is -2.09. The highest BCUT2D eigenvalue weighted by molar-refractivity contribution is 5.60. The van der Waals surface area contributed by atoms with Gasteiger partial charge in [-0.05, 0) is 30.2 Å². The molecule has 124 valence electrons. The van der Waals surface area contributed by atoms with Gasteiger partial charge in [-0.2, -0.15) is 4.98 Å². The summed E-state index contributed by atoms with van der Waals surface area (Å²) in [7, 11) is 3.21. The van der Waals surface area contributed by atoms with E-state index in [1.165, 1.54) is 5.56 Å². The molecule has 0 amide bonds. The van der Waals surface area contributed by atoms with Crippen LogP contribution in [0.3, 0.4) is 0 Å². The largest absolute Gasteiger partial charge is 0.493 e. The standard InChI is InChI=1S/C19H20N2O3/c1-4-15(13-8-6-5-7-9-13)19-20-18(21-24-19)14-10-11-16(22-2)17(12-14)23-3/h5-12,15H,4H2,1-3H3/t15-/m1/s1. The van der Waals surface area contributed by atoms with Crippen LogP contribution in [-0.4, -0.2) is 24.4 Å². The van der Waals surface area contributed by atoms with Gasteiger partial charge < -0.3 is 14.0 Å². The van der Waals surface area contributed by atoms with E-state index in [-0.39, 0.29) is 5.92 Å². The molecule has 0 radical (unpaired) electrons. The number of nitrogens with zero attached hydrogens (tertiary/aromatic N) is 2. The summed E-state index contributed by atoms with van der Waals surface area (Å²) in [6.07, 6.45) is 0.886. The molecule has 24 heavy (non-hydrogen) atoms. The lowest BCUT2D eigenvalue weighted by atomic mass is 9.96. The maximum absolute atomic E-state index is 5.52. The van der Waals surface area contributed by atoms with Crippen molar-refractivity contribution >= 4 is 0 Å². The fourth-order valence-corrected chi connectivity index (χ4v) is 2.71. The third-order valence-electron chi connectivity index (χ3n) is 3.99. The van der Waals surface area contributed by atoms with Crippen molar-refractivity contribution in [2.75, 3.05) is 14.2 Å². The van der Waals surface area contributed by atoms with E-state index in [0.717, 1.165) is 12.0 Å². The molecule has 3 aromatic rings. The second kappa shape index (κ2) is 7.17. The lowest BCUT2D eigenvalue weighted by Crippen LogP contribution is -1.99. The molecular weight excluding hydrogens is 304 g/mol. The van der Waals surface area contributed by atoms with Crippen molar-refractivity contribution in [2.24, 2.45) is 0 Å². The molecule has 0 N–H and O–H groups in total. The van der Waals surface area contributed by atoms with E-state index in [1.54, 1.807) is 14.2 Å². The van der Waals surface area contributed by atoms with Crippen LogP contribution in [0.2, 0.25) is 0 Å². The molecule has 0 unspecified atom stereocenters. The molecule has 0 saturated heterocycles. The molecule has 0 aliphatic rings.